The number of oxazole rings is 1. The van der Waals surface area contributed by atoms with Crippen molar-refractivity contribution in [3.05, 3.63) is 47.2 Å². The van der Waals surface area contributed by atoms with Crippen LogP contribution in [0, 0.1) is 0 Å². The third kappa shape index (κ3) is 2.85. The first-order valence-corrected chi connectivity index (χ1v) is 7.35. The number of fused-ring (bicyclic) bond motifs is 1. The lowest BCUT2D eigenvalue weighted by Crippen LogP contribution is -2.18. The summed E-state index contributed by atoms with van der Waals surface area (Å²) in [6.07, 6.45) is 5.10. The van der Waals surface area contributed by atoms with Crippen LogP contribution >= 0.6 is 0 Å². The Morgan fingerprint density at radius 2 is 2.30 bits per heavy atom. The summed E-state index contributed by atoms with van der Waals surface area (Å²) in [5, 5.41) is 6.92. The number of para-hydroxylation sites is 1. The molecule has 0 amide bonds. The normalized spacial score (nSPS) is 13.8. The number of nitrogens with zero attached hydrogens (tertiary/aromatic N) is 1. The van der Waals surface area contributed by atoms with E-state index in [1.165, 1.54) is 29.7 Å². The number of rotatable bonds is 5. The van der Waals surface area contributed by atoms with Crippen molar-refractivity contribution < 1.29 is 4.42 Å². The maximum absolute atomic E-state index is 5.59. The molecule has 2 heterocycles. The fourth-order valence-electron chi connectivity index (χ4n) is 2.63. The molecule has 0 spiro atoms. The highest BCUT2D eigenvalue weighted by Crippen LogP contribution is 2.25. The molecule has 0 bridgehead atoms. The van der Waals surface area contributed by atoms with E-state index in [9.17, 15) is 0 Å². The first-order valence-electron chi connectivity index (χ1n) is 7.35. The van der Waals surface area contributed by atoms with Gasteiger partial charge in [0.1, 0.15) is 5.76 Å². The van der Waals surface area contributed by atoms with Gasteiger partial charge in [-0.2, -0.15) is 0 Å². The number of hydrogen-bond donors (Lipinski definition) is 2. The van der Waals surface area contributed by atoms with Gasteiger partial charge in [-0.1, -0.05) is 25.1 Å². The van der Waals surface area contributed by atoms with Gasteiger partial charge in [-0.3, -0.25) is 0 Å². The monoisotopic (exact) mass is 271 g/mol. The Bertz CT molecular complexity index is 577. The van der Waals surface area contributed by atoms with Crippen LogP contribution in [-0.4, -0.2) is 11.5 Å². The second kappa shape index (κ2) is 6.09. The minimum Gasteiger partial charge on any atom is -0.444 e. The van der Waals surface area contributed by atoms with Gasteiger partial charge in [0.25, 0.3) is 0 Å². The lowest BCUT2D eigenvalue weighted by atomic mass is 9.99. The smallest absolute Gasteiger partial charge is 0.208 e. The van der Waals surface area contributed by atoms with Crippen molar-refractivity contribution in [3.63, 3.8) is 0 Å². The van der Waals surface area contributed by atoms with Crippen LogP contribution in [0.5, 0.6) is 0 Å². The standard InChI is InChI=1S/C16H21N3O/c1-2-14-10-19-15(20-14)11-17-9-13-6-3-5-12-7-4-8-18-16(12)13/h3,5-6,10,17-18H,2,4,7-9,11H2,1H3. The van der Waals surface area contributed by atoms with Gasteiger partial charge in [0.15, 0.2) is 0 Å². The fraction of sp³-hybridized carbons (Fsp3) is 0.438. The molecular formula is C16H21N3O. The average molecular weight is 271 g/mol. The molecule has 0 unspecified atom stereocenters. The van der Waals surface area contributed by atoms with Gasteiger partial charge in [0.05, 0.1) is 12.7 Å². The van der Waals surface area contributed by atoms with E-state index in [1.54, 1.807) is 0 Å². The molecule has 0 atom stereocenters. The topological polar surface area (TPSA) is 50.1 Å². The van der Waals surface area contributed by atoms with E-state index < -0.39 is 0 Å². The van der Waals surface area contributed by atoms with Crippen LogP contribution in [-0.2, 0) is 25.9 Å². The van der Waals surface area contributed by atoms with Crippen LogP contribution in [0.25, 0.3) is 0 Å². The minimum atomic E-state index is 0.670. The average Bonchev–Trinajstić information content (AvgIpc) is 2.95. The van der Waals surface area contributed by atoms with Crippen molar-refractivity contribution in [2.75, 3.05) is 11.9 Å². The summed E-state index contributed by atoms with van der Waals surface area (Å²) in [6, 6.07) is 6.53. The molecule has 106 valence electrons. The van der Waals surface area contributed by atoms with Crippen LogP contribution in [0.4, 0.5) is 5.69 Å². The molecule has 1 aliphatic heterocycles. The molecule has 0 saturated heterocycles. The molecular weight excluding hydrogens is 250 g/mol. The van der Waals surface area contributed by atoms with Gasteiger partial charge in [-0.15, -0.1) is 0 Å². The van der Waals surface area contributed by atoms with E-state index in [4.69, 9.17) is 4.42 Å². The van der Waals surface area contributed by atoms with Crippen LogP contribution < -0.4 is 10.6 Å². The van der Waals surface area contributed by atoms with E-state index in [0.29, 0.717) is 6.54 Å². The minimum absolute atomic E-state index is 0.670. The molecule has 0 fully saturated rings. The Morgan fingerprint density at radius 1 is 1.35 bits per heavy atom. The van der Waals surface area contributed by atoms with Crippen LogP contribution in [0.2, 0.25) is 0 Å². The molecule has 0 saturated carbocycles. The van der Waals surface area contributed by atoms with Crippen molar-refractivity contribution in [1.82, 2.24) is 10.3 Å². The van der Waals surface area contributed by atoms with Crippen LogP contribution in [0.1, 0.15) is 36.1 Å². The highest BCUT2D eigenvalue weighted by molar-refractivity contribution is 5.59. The predicted molar refractivity (Wildman–Crippen MR) is 79.7 cm³/mol. The highest BCUT2D eigenvalue weighted by atomic mass is 16.4. The van der Waals surface area contributed by atoms with Gasteiger partial charge in [-0.05, 0) is 24.0 Å². The lowest BCUT2D eigenvalue weighted by molar-refractivity contribution is 0.439. The number of anilines is 1. The Labute approximate surface area is 119 Å². The molecule has 1 aromatic carbocycles. The zero-order valence-electron chi connectivity index (χ0n) is 11.9. The summed E-state index contributed by atoms with van der Waals surface area (Å²) in [7, 11) is 0. The Kier molecular flexibility index (Phi) is 4.02. The SMILES string of the molecule is CCc1cnc(CNCc2cccc3c2NCCC3)o1. The zero-order valence-corrected chi connectivity index (χ0v) is 11.9. The van der Waals surface area contributed by atoms with Crippen molar-refractivity contribution in [2.24, 2.45) is 0 Å². The van der Waals surface area contributed by atoms with E-state index in [2.05, 4.69) is 40.7 Å². The highest BCUT2D eigenvalue weighted by Gasteiger charge is 2.12. The van der Waals surface area contributed by atoms with Gasteiger partial charge in [-0.25, -0.2) is 4.98 Å². The predicted octanol–water partition coefficient (Wildman–Crippen LogP) is 2.88. The summed E-state index contributed by atoms with van der Waals surface area (Å²) in [5.74, 6) is 1.71. The Hall–Kier alpha value is -1.81. The second-order valence-corrected chi connectivity index (χ2v) is 5.16. The summed E-state index contributed by atoms with van der Waals surface area (Å²) in [5.41, 5.74) is 4.07. The molecule has 2 N–H and O–H groups in total. The maximum Gasteiger partial charge on any atom is 0.208 e. The molecule has 0 radical (unpaired) electrons. The number of aryl methyl sites for hydroxylation is 2. The van der Waals surface area contributed by atoms with Crippen LogP contribution in [0.15, 0.2) is 28.8 Å². The molecule has 4 nitrogen and oxygen atoms in total. The molecule has 1 aromatic heterocycles. The third-order valence-electron chi connectivity index (χ3n) is 3.70. The van der Waals surface area contributed by atoms with Gasteiger partial charge in [0, 0.05) is 25.2 Å². The van der Waals surface area contributed by atoms with Crippen molar-refractivity contribution >= 4 is 5.69 Å². The third-order valence-corrected chi connectivity index (χ3v) is 3.70. The van der Waals surface area contributed by atoms with Gasteiger partial charge >= 0.3 is 0 Å². The molecule has 4 heteroatoms. The van der Waals surface area contributed by atoms with Crippen molar-refractivity contribution in [1.29, 1.82) is 0 Å². The first-order chi connectivity index (χ1) is 9.86. The Balaban J connectivity index is 1.61. The second-order valence-electron chi connectivity index (χ2n) is 5.16. The number of nitrogens with one attached hydrogen (secondary N) is 2. The van der Waals surface area contributed by atoms with E-state index in [1.807, 2.05) is 6.20 Å². The first kappa shape index (κ1) is 13.2. The fourth-order valence-corrected chi connectivity index (χ4v) is 2.63. The van der Waals surface area contributed by atoms with Crippen LogP contribution in [0.3, 0.4) is 0 Å². The molecule has 2 aromatic rings. The largest absolute Gasteiger partial charge is 0.444 e. The number of hydrogen-bond acceptors (Lipinski definition) is 4. The van der Waals surface area contributed by atoms with E-state index in [-0.39, 0.29) is 0 Å². The Morgan fingerprint density at radius 3 is 3.15 bits per heavy atom. The van der Waals surface area contributed by atoms with E-state index >= 15 is 0 Å². The molecule has 3 rings (SSSR count). The number of aromatic nitrogens is 1. The summed E-state index contributed by atoms with van der Waals surface area (Å²) >= 11 is 0. The summed E-state index contributed by atoms with van der Waals surface area (Å²) in [6.45, 7) is 4.65. The van der Waals surface area contributed by atoms with E-state index in [0.717, 1.165) is 31.2 Å². The van der Waals surface area contributed by atoms with Crippen molar-refractivity contribution in [3.8, 4) is 0 Å². The summed E-state index contributed by atoms with van der Waals surface area (Å²) < 4.78 is 5.59. The summed E-state index contributed by atoms with van der Waals surface area (Å²) in [4.78, 5) is 4.26. The lowest BCUT2D eigenvalue weighted by Gasteiger charge is -2.21. The quantitative estimate of drug-likeness (QED) is 0.878. The van der Waals surface area contributed by atoms with Crippen molar-refractivity contribution in [2.45, 2.75) is 39.3 Å². The molecule has 1 aliphatic rings. The maximum atomic E-state index is 5.59. The van der Waals surface area contributed by atoms with Gasteiger partial charge in [0.2, 0.25) is 5.89 Å². The number of benzene rings is 1. The molecule has 20 heavy (non-hydrogen) atoms. The molecule has 0 aliphatic carbocycles. The zero-order chi connectivity index (χ0) is 13.8. The van der Waals surface area contributed by atoms with Gasteiger partial charge < -0.3 is 15.1 Å².